The molecule has 0 unspecified atom stereocenters. The van der Waals surface area contributed by atoms with E-state index in [9.17, 15) is 9.90 Å². The quantitative estimate of drug-likeness (QED) is 0.702. The van der Waals surface area contributed by atoms with Crippen LogP contribution in [0.15, 0.2) is 42.7 Å². The summed E-state index contributed by atoms with van der Waals surface area (Å²) in [5.41, 5.74) is 3.28. The fourth-order valence-corrected chi connectivity index (χ4v) is 3.90. The van der Waals surface area contributed by atoms with Crippen LogP contribution in [0.2, 0.25) is 0 Å². The number of rotatable bonds is 4. The minimum Gasteiger partial charge on any atom is -0.493 e. The van der Waals surface area contributed by atoms with E-state index in [1.807, 2.05) is 25.9 Å². The second-order valence-electron chi connectivity index (χ2n) is 8.00. The van der Waals surface area contributed by atoms with Crippen molar-refractivity contribution in [3.8, 4) is 28.9 Å². The van der Waals surface area contributed by atoms with Gasteiger partial charge < -0.3 is 14.9 Å². The minimum atomic E-state index is -0.0484. The van der Waals surface area contributed by atoms with Crippen molar-refractivity contribution < 1.29 is 9.90 Å². The van der Waals surface area contributed by atoms with E-state index in [0.29, 0.717) is 35.1 Å². The second-order valence-corrected chi connectivity index (χ2v) is 8.00. The molecule has 1 amide bonds. The summed E-state index contributed by atoms with van der Waals surface area (Å²) >= 11 is 0. The van der Waals surface area contributed by atoms with Crippen molar-refractivity contribution in [3.63, 3.8) is 0 Å². The van der Waals surface area contributed by atoms with Crippen LogP contribution in [0.5, 0.6) is 5.88 Å². The van der Waals surface area contributed by atoms with Crippen LogP contribution >= 0.6 is 0 Å². The number of pyridine rings is 1. The Hall–Kier alpha value is -3.70. The van der Waals surface area contributed by atoms with E-state index in [0.717, 1.165) is 24.1 Å². The molecule has 3 aromatic rings. The number of aromatic nitrogens is 3. The average molecular weight is 416 g/mol. The normalized spacial score (nSPS) is 16.0. The molecule has 2 aromatic heterocycles. The van der Waals surface area contributed by atoms with Gasteiger partial charge in [0.1, 0.15) is 0 Å². The Morgan fingerprint density at radius 2 is 2.03 bits per heavy atom. The topological polar surface area (TPSA) is 98.3 Å². The summed E-state index contributed by atoms with van der Waals surface area (Å²) in [5, 5.41) is 24.0. The average Bonchev–Trinajstić information content (AvgIpc) is 3.41. The minimum absolute atomic E-state index is 0.0398. The number of benzene rings is 1. The van der Waals surface area contributed by atoms with Gasteiger partial charge in [0.15, 0.2) is 5.82 Å². The Morgan fingerprint density at radius 1 is 1.23 bits per heavy atom. The number of aryl methyl sites for hydroxylation is 1. The number of amides is 1. The lowest BCUT2D eigenvalue weighted by Crippen LogP contribution is -2.34. The first-order valence-corrected chi connectivity index (χ1v) is 10.1. The molecule has 0 aliphatic carbocycles. The van der Waals surface area contributed by atoms with Crippen molar-refractivity contribution in [1.29, 1.82) is 5.26 Å². The Morgan fingerprint density at radius 3 is 2.65 bits per heavy atom. The smallest absolute Gasteiger partial charge is 0.255 e. The Balaban J connectivity index is 1.55. The van der Waals surface area contributed by atoms with Gasteiger partial charge in [0.25, 0.3) is 5.91 Å². The molecular formula is C23H24N6O2. The van der Waals surface area contributed by atoms with E-state index in [1.54, 1.807) is 36.5 Å². The van der Waals surface area contributed by atoms with E-state index >= 15 is 0 Å². The van der Waals surface area contributed by atoms with E-state index in [4.69, 9.17) is 5.26 Å². The Kier molecular flexibility index (Phi) is 5.44. The van der Waals surface area contributed by atoms with Gasteiger partial charge in [0, 0.05) is 25.3 Å². The summed E-state index contributed by atoms with van der Waals surface area (Å²) in [6, 6.07) is 11.1. The van der Waals surface area contributed by atoms with E-state index in [2.05, 4.69) is 21.1 Å². The fraction of sp³-hybridized carbons (Fsp3) is 0.304. The Labute approximate surface area is 181 Å². The highest BCUT2D eigenvalue weighted by molar-refractivity contribution is 5.94. The van der Waals surface area contributed by atoms with Crippen molar-refractivity contribution in [1.82, 2.24) is 24.6 Å². The number of carbonyl (C=O) groups excluding carboxylic acids is 1. The first-order chi connectivity index (χ1) is 14.9. The van der Waals surface area contributed by atoms with Gasteiger partial charge in [-0.1, -0.05) is 6.07 Å². The summed E-state index contributed by atoms with van der Waals surface area (Å²) in [4.78, 5) is 21.1. The molecule has 158 valence electrons. The van der Waals surface area contributed by atoms with Crippen molar-refractivity contribution >= 4 is 5.91 Å². The van der Waals surface area contributed by atoms with Crippen molar-refractivity contribution in [2.45, 2.75) is 19.4 Å². The van der Waals surface area contributed by atoms with Gasteiger partial charge in [-0.2, -0.15) is 15.0 Å². The predicted octanol–water partition coefficient (Wildman–Crippen LogP) is 2.60. The first-order valence-electron chi connectivity index (χ1n) is 10.1. The molecule has 4 rings (SSSR count). The maximum Gasteiger partial charge on any atom is 0.255 e. The van der Waals surface area contributed by atoms with Crippen LogP contribution in [-0.2, 0) is 0 Å². The molecule has 0 saturated carbocycles. The zero-order chi connectivity index (χ0) is 22.1. The summed E-state index contributed by atoms with van der Waals surface area (Å²) in [6.07, 6.45) is 4.05. The number of likely N-dealkylation sites (N-methyl/N-ethyl adjacent to an activating group) is 1. The molecule has 1 N–H and O–H groups in total. The number of nitrogens with zero attached hydrogens (tertiary/aromatic N) is 6. The van der Waals surface area contributed by atoms with Crippen LogP contribution < -0.4 is 0 Å². The van der Waals surface area contributed by atoms with Crippen LogP contribution in [0.4, 0.5) is 0 Å². The molecule has 1 aromatic carbocycles. The van der Waals surface area contributed by atoms with Crippen LogP contribution in [0.3, 0.4) is 0 Å². The highest BCUT2D eigenvalue weighted by atomic mass is 16.3. The van der Waals surface area contributed by atoms with E-state index < -0.39 is 0 Å². The zero-order valence-electron chi connectivity index (χ0n) is 17.8. The lowest BCUT2D eigenvalue weighted by molar-refractivity contribution is 0.0782. The third kappa shape index (κ3) is 3.88. The molecule has 1 atom stereocenters. The van der Waals surface area contributed by atoms with Crippen LogP contribution in [0.1, 0.15) is 27.9 Å². The van der Waals surface area contributed by atoms with Crippen LogP contribution in [0.25, 0.3) is 16.9 Å². The lowest BCUT2D eigenvalue weighted by Gasteiger charge is -2.20. The van der Waals surface area contributed by atoms with E-state index in [1.165, 1.54) is 10.9 Å². The monoisotopic (exact) mass is 416 g/mol. The van der Waals surface area contributed by atoms with Crippen molar-refractivity contribution in [2.75, 3.05) is 27.2 Å². The first kappa shape index (κ1) is 20.6. The molecule has 0 radical (unpaired) electrons. The van der Waals surface area contributed by atoms with Gasteiger partial charge >= 0.3 is 0 Å². The van der Waals surface area contributed by atoms with Crippen molar-refractivity contribution in [3.05, 3.63) is 59.4 Å². The predicted molar refractivity (Wildman–Crippen MR) is 116 cm³/mol. The van der Waals surface area contributed by atoms with Gasteiger partial charge in [-0.05, 0) is 62.8 Å². The van der Waals surface area contributed by atoms with Crippen molar-refractivity contribution in [2.24, 2.45) is 0 Å². The highest BCUT2D eigenvalue weighted by Gasteiger charge is 2.28. The molecule has 8 heteroatoms. The highest BCUT2D eigenvalue weighted by Crippen LogP contribution is 2.33. The number of hydrogen-bond donors (Lipinski definition) is 1. The fourth-order valence-electron chi connectivity index (χ4n) is 3.90. The largest absolute Gasteiger partial charge is 0.493 e. The lowest BCUT2D eigenvalue weighted by atomic mass is 10.0. The molecule has 0 bridgehead atoms. The summed E-state index contributed by atoms with van der Waals surface area (Å²) < 4.78 is 1.33. The molecule has 1 aliphatic rings. The third-order valence-electron chi connectivity index (χ3n) is 5.78. The third-order valence-corrected chi connectivity index (χ3v) is 5.78. The summed E-state index contributed by atoms with van der Waals surface area (Å²) in [6.45, 7) is 3.32. The van der Waals surface area contributed by atoms with Gasteiger partial charge in [-0.3, -0.25) is 4.79 Å². The van der Waals surface area contributed by atoms with E-state index in [-0.39, 0.29) is 11.8 Å². The van der Waals surface area contributed by atoms with Gasteiger partial charge in [-0.15, -0.1) is 0 Å². The molecule has 1 fully saturated rings. The zero-order valence-corrected chi connectivity index (χ0v) is 17.8. The standard InChI is InChI=1S/C23H24N6O2/c1-15-10-16(11-24)4-6-19(15)20-13-26-29(23(20)31)21-7-5-17(12-25-21)22(30)28-9-8-18(14-28)27(2)3/h4-7,10,12-13,18,31H,8-9,14H2,1-3H3/t18-/m0/s1. The molecule has 8 nitrogen and oxygen atoms in total. The molecular weight excluding hydrogens is 392 g/mol. The van der Waals surface area contributed by atoms with Crippen LogP contribution in [0, 0.1) is 18.3 Å². The molecule has 1 aliphatic heterocycles. The number of carbonyl (C=O) groups is 1. The number of nitriles is 1. The summed E-state index contributed by atoms with van der Waals surface area (Å²) in [5.74, 6) is 0.328. The van der Waals surface area contributed by atoms with Gasteiger partial charge in [0.05, 0.1) is 29.0 Å². The second kappa shape index (κ2) is 8.20. The summed E-state index contributed by atoms with van der Waals surface area (Å²) in [7, 11) is 4.05. The molecule has 3 heterocycles. The number of hydrogen-bond acceptors (Lipinski definition) is 6. The maximum atomic E-state index is 12.8. The maximum absolute atomic E-state index is 12.8. The Bertz CT molecular complexity index is 1160. The van der Waals surface area contributed by atoms with Crippen LogP contribution in [-0.4, -0.2) is 68.8 Å². The van der Waals surface area contributed by atoms with Gasteiger partial charge in [-0.25, -0.2) is 4.98 Å². The number of likely N-dealkylation sites (tertiary alicyclic amines) is 1. The molecule has 0 spiro atoms. The SMILES string of the molecule is Cc1cc(C#N)ccc1-c1cnn(-c2ccc(C(=O)N3CC[C@H](N(C)C)C3)cn2)c1O. The molecule has 31 heavy (non-hydrogen) atoms. The molecule has 1 saturated heterocycles. The number of aromatic hydroxyl groups is 1. The van der Waals surface area contributed by atoms with Gasteiger partial charge in [0.2, 0.25) is 5.88 Å².